The fourth-order valence-corrected chi connectivity index (χ4v) is 3.81. The first-order valence-electron chi connectivity index (χ1n) is 9.69. The first-order chi connectivity index (χ1) is 14.2. The van der Waals surface area contributed by atoms with E-state index in [-0.39, 0.29) is 11.8 Å². The number of benzene rings is 1. The molecule has 1 aliphatic rings. The molecular weight excluding hydrogens is 362 g/mol. The number of likely N-dealkylation sites (tertiary alicyclic amines) is 1. The molecule has 2 aromatic heterocycles. The highest BCUT2D eigenvalue weighted by Gasteiger charge is 2.28. The molecule has 29 heavy (non-hydrogen) atoms. The molecule has 1 aliphatic heterocycles. The second kappa shape index (κ2) is 8.19. The normalized spacial score (nSPS) is 16.3. The van der Waals surface area contributed by atoms with Crippen molar-refractivity contribution in [1.82, 2.24) is 19.9 Å². The molecule has 0 unspecified atom stereocenters. The fraction of sp³-hybridized carbons (Fsp3) is 0.261. The molecule has 3 aromatic rings. The first kappa shape index (κ1) is 18.8. The van der Waals surface area contributed by atoms with Crippen LogP contribution in [0.3, 0.4) is 0 Å². The number of hydrogen-bond donors (Lipinski definition) is 0. The van der Waals surface area contributed by atoms with Crippen LogP contribution in [0.1, 0.15) is 46.2 Å². The summed E-state index contributed by atoms with van der Waals surface area (Å²) in [4.78, 5) is 28.1. The second-order valence-corrected chi connectivity index (χ2v) is 7.23. The quantitative estimate of drug-likeness (QED) is 0.688. The van der Waals surface area contributed by atoms with Crippen molar-refractivity contribution in [2.75, 3.05) is 13.1 Å². The molecule has 0 spiro atoms. The maximum Gasteiger partial charge on any atom is 0.253 e. The number of carbonyl (C=O) groups excluding carboxylic acids is 1. The van der Waals surface area contributed by atoms with Crippen molar-refractivity contribution in [3.05, 3.63) is 77.6 Å². The maximum absolute atomic E-state index is 13.0. The summed E-state index contributed by atoms with van der Waals surface area (Å²) in [5.74, 6) is 0.875. The highest BCUT2D eigenvalue weighted by atomic mass is 16.2. The van der Waals surface area contributed by atoms with E-state index in [9.17, 15) is 4.79 Å². The second-order valence-electron chi connectivity index (χ2n) is 7.23. The molecule has 0 bridgehead atoms. The van der Waals surface area contributed by atoms with Gasteiger partial charge in [-0.25, -0.2) is 9.97 Å². The van der Waals surface area contributed by atoms with Gasteiger partial charge in [-0.3, -0.25) is 9.78 Å². The molecule has 3 heterocycles. The molecule has 1 amide bonds. The summed E-state index contributed by atoms with van der Waals surface area (Å²) in [5, 5.41) is 8.96. The third-order valence-electron chi connectivity index (χ3n) is 5.29. The van der Waals surface area contributed by atoms with Gasteiger partial charge in [-0.2, -0.15) is 5.26 Å². The molecule has 1 aromatic carbocycles. The zero-order valence-corrected chi connectivity index (χ0v) is 16.2. The third kappa shape index (κ3) is 3.99. The molecule has 4 rings (SSSR count). The number of rotatable bonds is 3. The zero-order valence-electron chi connectivity index (χ0n) is 16.2. The standard InChI is InChI=1S/C23H21N5O/c1-16-26-14-21(18-8-10-25-11-9-18)22(27-16)20-3-2-12-28(15-20)23(29)19-6-4-17(13-24)5-7-19/h4-11,14,20H,2-3,12,15H2,1H3/t20-/m1/s1. The number of amides is 1. The van der Waals surface area contributed by atoms with Crippen molar-refractivity contribution >= 4 is 5.91 Å². The molecule has 0 saturated carbocycles. The van der Waals surface area contributed by atoms with Gasteiger partial charge < -0.3 is 4.90 Å². The monoisotopic (exact) mass is 383 g/mol. The molecule has 144 valence electrons. The minimum atomic E-state index is -0.00423. The molecule has 1 saturated heterocycles. The van der Waals surface area contributed by atoms with Crippen LogP contribution in [-0.4, -0.2) is 38.8 Å². The molecule has 0 radical (unpaired) electrons. The van der Waals surface area contributed by atoms with Crippen molar-refractivity contribution in [3.63, 3.8) is 0 Å². The van der Waals surface area contributed by atoms with E-state index in [2.05, 4.69) is 16.0 Å². The van der Waals surface area contributed by atoms with E-state index in [0.717, 1.165) is 42.0 Å². The van der Waals surface area contributed by atoms with E-state index in [1.165, 1.54) is 0 Å². The first-order valence-corrected chi connectivity index (χ1v) is 9.69. The van der Waals surface area contributed by atoms with Gasteiger partial charge in [0.2, 0.25) is 0 Å². The Morgan fingerprint density at radius 3 is 2.66 bits per heavy atom. The van der Waals surface area contributed by atoms with Gasteiger partial charge in [-0.05, 0) is 61.7 Å². The third-order valence-corrected chi connectivity index (χ3v) is 5.29. The number of piperidine rings is 1. The van der Waals surface area contributed by atoms with E-state index in [4.69, 9.17) is 10.2 Å². The lowest BCUT2D eigenvalue weighted by molar-refractivity contribution is 0.0706. The zero-order chi connectivity index (χ0) is 20.2. The van der Waals surface area contributed by atoms with Crippen LogP contribution in [0.2, 0.25) is 0 Å². The minimum absolute atomic E-state index is 0.00423. The molecule has 0 aliphatic carbocycles. The van der Waals surface area contributed by atoms with Crippen molar-refractivity contribution < 1.29 is 4.79 Å². The Bertz CT molecular complexity index is 1060. The minimum Gasteiger partial charge on any atom is -0.338 e. The fourth-order valence-electron chi connectivity index (χ4n) is 3.81. The van der Waals surface area contributed by atoms with Crippen LogP contribution < -0.4 is 0 Å². The van der Waals surface area contributed by atoms with Gasteiger partial charge in [0.05, 0.1) is 17.3 Å². The van der Waals surface area contributed by atoms with Gasteiger partial charge in [0.25, 0.3) is 5.91 Å². The smallest absolute Gasteiger partial charge is 0.253 e. The van der Waals surface area contributed by atoms with Crippen LogP contribution in [0, 0.1) is 18.3 Å². The van der Waals surface area contributed by atoms with Crippen LogP contribution in [0.5, 0.6) is 0 Å². The van der Waals surface area contributed by atoms with E-state index in [0.29, 0.717) is 17.7 Å². The van der Waals surface area contributed by atoms with Crippen LogP contribution in [-0.2, 0) is 0 Å². The summed E-state index contributed by atoms with van der Waals surface area (Å²) in [6.07, 6.45) is 7.30. The SMILES string of the molecule is Cc1ncc(-c2ccncc2)c([C@@H]2CCCN(C(=O)c3ccc(C#N)cc3)C2)n1. The highest BCUT2D eigenvalue weighted by Crippen LogP contribution is 2.33. The van der Waals surface area contributed by atoms with Crippen molar-refractivity contribution in [1.29, 1.82) is 5.26 Å². The predicted octanol–water partition coefficient (Wildman–Crippen LogP) is 3.74. The van der Waals surface area contributed by atoms with Gasteiger partial charge in [-0.1, -0.05) is 0 Å². The van der Waals surface area contributed by atoms with E-state index >= 15 is 0 Å². The van der Waals surface area contributed by atoms with Crippen LogP contribution in [0.4, 0.5) is 0 Å². The number of pyridine rings is 1. The van der Waals surface area contributed by atoms with E-state index in [1.807, 2.05) is 30.2 Å². The van der Waals surface area contributed by atoms with Crippen LogP contribution in [0.15, 0.2) is 55.0 Å². The van der Waals surface area contributed by atoms with Gasteiger partial charge in [0.1, 0.15) is 5.82 Å². The summed E-state index contributed by atoms with van der Waals surface area (Å²) in [7, 11) is 0. The summed E-state index contributed by atoms with van der Waals surface area (Å²) in [5.41, 5.74) is 4.18. The van der Waals surface area contributed by atoms with E-state index in [1.54, 1.807) is 36.7 Å². The number of aryl methyl sites for hydroxylation is 1. The topological polar surface area (TPSA) is 82.8 Å². The summed E-state index contributed by atoms with van der Waals surface area (Å²) < 4.78 is 0. The lowest BCUT2D eigenvalue weighted by Gasteiger charge is -2.33. The Hall–Kier alpha value is -3.59. The Labute approximate surface area is 169 Å². The van der Waals surface area contributed by atoms with Crippen molar-refractivity contribution in [2.45, 2.75) is 25.7 Å². The Morgan fingerprint density at radius 2 is 1.93 bits per heavy atom. The lowest BCUT2D eigenvalue weighted by Crippen LogP contribution is -2.39. The Morgan fingerprint density at radius 1 is 1.17 bits per heavy atom. The van der Waals surface area contributed by atoms with Gasteiger partial charge in [-0.15, -0.1) is 0 Å². The number of hydrogen-bond acceptors (Lipinski definition) is 5. The number of nitrogens with zero attached hydrogens (tertiary/aromatic N) is 5. The number of aromatic nitrogens is 3. The maximum atomic E-state index is 13.0. The van der Waals surface area contributed by atoms with Gasteiger partial charge in [0, 0.05) is 48.7 Å². The average molecular weight is 383 g/mol. The summed E-state index contributed by atoms with van der Waals surface area (Å²) in [6.45, 7) is 3.24. The number of carbonyl (C=O) groups is 1. The highest BCUT2D eigenvalue weighted by molar-refractivity contribution is 5.94. The molecule has 6 nitrogen and oxygen atoms in total. The van der Waals surface area contributed by atoms with Crippen molar-refractivity contribution in [3.8, 4) is 17.2 Å². The van der Waals surface area contributed by atoms with Crippen molar-refractivity contribution in [2.24, 2.45) is 0 Å². The largest absolute Gasteiger partial charge is 0.338 e. The molecule has 1 fully saturated rings. The Balaban J connectivity index is 1.61. The van der Waals surface area contributed by atoms with Crippen LogP contribution >= 0.6 is 0 Å². The van der Waals surface area contributed by atoms with Gasteiger partial charge >= 0.3 is 0 Å². The molecule has 0 N–H and O–H groups in total. The predicted molar refractivity (Wildman–Crippen MR) is 109 cm³/mol. The Kier molecular flexibility index (Phi) is 5.30. The van der Waals surface area contributed by atoms with Crippen LogP contribution in [0.25, 0.3) is 11.1 Å². The van der Waals surface area contributed by atoms with E-state index < -0.39 is 0 Å². The average Bonchev–Trinajstić information content (AvgIpc) is 2.79. The van der Waals surface area contributed by atoms with Gasteiger partial charge in [0.15, 0.2) is 0 Å². The molecule has 6 heteroatoms. The summed E-state index contributed by atoms with van der Waals surface area (Å²) >= 11 is 0. The molecule has 1 atom stereocenters. The number of nitriles is 1. The molecular formula is C23H21N5O. The summed E-state index contributed by atoms with van der Waals surface area (Å²) in [6, 6.07) is 12.8. The lowest BCUT2D eigenvalue weighted by atomic mass is 9.89.